The lowest BCUT2D eigenvalue weighted by Crippen LogP contribution is -2.23. The van der Waals surface area contributed by atoms with Gasteiger partial charge < -0.3 is 21.7 Å². The largest absolute Gasteiger partial charge is 0.397 e. The van der Waals surface area contributed by atoms with Crippen LogP contribution in [0.25, 0.3) is 0 Å². The average molecular weight is 263 g/mol. The maximum Gasteiger partial charge on any atom is 0.250 e. The summed E-state index contributed by atoms with van der Waals surface area (Å²) in [5, 5.41) is 3.25. The molecule has 1 aromatic heterocycles. The Morgan fingerprint density at radius 2 is 2.42 bits per heavy atom. The van der Waals surface area contributed by atoms with E-state index in [9.17, 15) is 4.79 Å². The number of aromatic nitrogens is 1. The lowest BCUT2D eigenvalue weighted by atomic mass is 10.1. The van der Waals surface area contributed by atoms with Crippen molar-refractivity contribution in [3.8, 4) is 0 Å². The highest BCUT2D eigenvalue weighted by Gasteiger charge is 2.20. The number of carbonyl (C=O) groups is 1. The maximum absolute atomic E-state index is 11.2. The molecular weight excluding hydrogens is 242 g/mol. The fourth-order valence-corrected chi connectivity index (χ4v) is 2.39. The predicted molar refractivity (Wildman–Crippen MR) is 75.9 cm³/mol. The summed E-state index contributed by atoms with van der Waals surface area (Å²) in [6, 6.07) is 1.62. The number of nitrogens with two attached hydrogens (primary N) is 2. The van der Waals surface area contributed by atoms with Crippen LogP contribution in [0.1, 0.15) is 23.7 Å². The summed E-state index contributed by atoms with van der Waals surface area (Å²) >= 11 is 0. The van der Waals surface area contributed by atoms with Crippen LogP contribution in [-0.4, -0.2) is 42.0 Å². The lowest BCUT2D eigenvalue weighted by molar-refractivity contribution is 0.100. The summed E-state index contributed by atoms with van der Waals surface area (Å²) in [5.74, 6) is 0.746. The van der Waals surface area contributed by atoms with Crippen LogP contribution < -0.4 is 16.8 Å². The second kappa shape index (κ2) is 5.88. The van der Waals surface area contributed by atoms with Gasteiger partial charge in [0.15, 0.2) is 0 Å². The average Bonchev–Trinajstić information content (AvgIpc) is 2.85. The van der Waals surface area contributed by atoms with E-state index in [4.69, 9.17) is 11.5 Å². The zero-order valence-corrected chi connectivity index (χ0v) is 11.2. The molecule has 1 saturated heterocycles. The Hall–Kier alpha value is -1.82. The monoisotopic (exact) mass is 263 g/mol. The number of carbonyl (C=O) groups excluding carboxylic acids is 1. The second-order valence-electron chi connectivity index (χ2n) is 4.95. The molecule has 0 aromatic carbocycles. The van der Waals surface area contributed by atoms with Crippen LogP contribution >= 0.6 is 0 Å². The third-order valence-corrected chi connectivity index (χ3v) is 3.59. The van der Waals surface area contributed by atoms with E-state index in [-0.39, 0.29) is 0 Å². The SMILES string of the molecule is CCN1CCC(CNc2cc(C(N)=O)c(N)cn2)C1. The molecule has 1 aromatic rings. The van der Waals surface area contributed by atoms with Crippen LogP contribution in [0, 0.1) is 5.92 Å². The van der Waals surface area contributed by atoms with Gasteiger partial charge in [0.05, 0.1) is 17.4 Å². The maximum atomic E-state index is 11.2. The fraction of sp³-hybridized carbons (Fsp3) is 0.538. The van der Waals surface area contributed by atoms with Crippen molar-refractivity contribution in [3.05, 3.63) is 17.8 Å². The van der Waals surface area contributed by atoms with Crippen LogP contribution in [0.2, 0.25) is 0 Å². The van der Waals surface area contributed by atoms with Crippen LogP contribution in [0.15, 0.2) is 12.3 Å². The summed E-state index contributed by atoms with van der Waals surface area (Å²) in [7, 11) is 0. The van der Waals surface area contributed by atoms with E-state index in [1.165, 1.54) is 12.6 Å². The van der Waals surface area contributed by atoms with E-state index in [0.29, 0.717) is 23.0 Å². The van der Waals surface area contributed by atoms with Crippen molar-refractivity contribution in [1.82, 2.24) is 9.88 Å². The number of pyridine rings is 1. The number of primary amides is 1. The normalized spacial score (nSPS) is 19.5. The number of amides is 1. The minimum absolute atomic E-state index is 0.316. The molecule has 0 aliphatic carbocycles. The lowest BCUT2D eigenvalue weighted by Gasteiger charge is -2.14. The van der Waals surface area contributed by atoms with Crippen LogP contribution in [0.5, 0.6) is 0 Å². The Bertz CT molecular complexity index is 462. The number of nitrogen functional groups attached to an aromatic ring is 1. The van der Waals surface area contributed by atoms with Gasteiger partial charge in [0.2, 0.25) is 0 Å². The summed E-state index contributed by atoms with van der Waals surface area (Å²) < 4.78 is 0. The van der Waals surface area contributed by atoms with Crippen molar-refractivity contribution < 1.29 is 4.79 Å². The number of nitrogens with one attached hydrogen (secondary N) is 1. The molecule has 1 atom stereocenters. The first-order valence-corrected chi connectivity index (χ1v) is 6.61. The molecule has 104 valence electrons. The van der Waals surface area contributed by atoms with E-state index in [2.05, 4.69) is 22.1 Å². The highest BCUT2D eigenvalue weighted by molar-refractivity contribution is 5.98. The molecule has 0 bridgehead atoms. The van der Waals surface area contributed by atoms with Gasteiger partial charge >= 0.3 is 0 Å². The molecule has 1 unspecified atom stereocenters. The third kappa shape index (κ3) is 3.35. The summed E-state index contributed by atoms with van der Waals surface area (Å²) in [5.41, 5.74) is 11.5. The first-order valence-electron chi connectivity index (χ1n) is 6.61. The van der Waals surface area contributed by atoms with Crippen molar-refractivity contribution in [1.29, 1.82) is 0 Å². The van der Waals surface area contributed by atoms with Gasteiger partial charge in [-0.2, -0.15) is 0 Å². The summed E-state index contributed by atoms with van der Waals surface area (Å²) in [4.78, 5) is 17.8. The Morgan fingerprint density at radius 3 is 3.05 bits per heavy atom. The number of nitrogens with zero attached hydrogens (tertiary/aromatic N) is 2. The minimum atomic E-state index is -0.527. The summed E-state index contributed by atoms with van der Waals surface area (Å²) in [6.07, 6.45) is 2.66. The van der Waals surface area contributed by atoms with Gasteiger partial charge in [-0.25, -0.2) is 4.98 Å². The van der Waals surface area contributed by atoms with E-state index >= 15 is 0 Å². The number of likely N-dealkylation sites (tertiary alicyclic amines) is 1. The van der Waals surface area contributed by atoms with Crippen molar-refractivity contribution in [2.45, 2.75) is 13.3 Å². The first kappa shape index (κ1) is 13.6. The molecule has 1 aliphatic rings. The number of rotatable bonds is 5. The van der Waals surface area contributed by atoms with Gasteiger partial charge in [-0.1, -0.05) is 6.92 Å². The van der Waals surface area contributed by atoms with Crippen molar-refractivity contribution in [3.63, 3.8) is 0 Å². The predicted octanol–water partition coefficient (Wildman–Crippen LogP) is 0.516. The zero-order valence-electron chi connectivity index (χ0n) is 11.2. The highest BCUT2D eigenvalue weighted by atomic mass is 16.1. The van der Waals surface area contributed by atoms with E-state index in [0.717, 1.165) is 26.2 Å². The molecule has 5 N–H and O–H groups in total. The standard InChI is InChI=1S/C13H21N5O/c1-2-18-4-3-9(8-18)6-16-12-5-10(13(15)19)11(14)7-17-12/h5,7,9H,2-4,6,8,14H2,1H3,(H2,15,19)(H,16,17). The Morgan fingerprint density at radius 1 is 1.63 bits per heavy atom. The van der Waals surface area contributed by atoms with Gasteiger partial charge in [0, 0.05) is 13.1 Å². The van der Waals surface area contributed by atoms with E-state index in [1.807, 2.05) is 0 Å². The Kier molecular flexibility index (Phi) is 4.21. The molecule has 6 heteroatoms. The fourth-order valence-electron chi connectivity index (χ4n) is 2.39. The molecule has 1 aliphatic heterocycles. The zero-order chi connectivity index (χ0) is 13.8. The molecule has 2 rings (SSSR count). The van der Waals surface area contributed by atoms with Crippen LogP contribution in [0.4, 0.5) is 11.5 Å². The highest BCUT2D eigenvalue weighted by Crippen LogP contribution is 2.18. The van der Waals surface area contributed by atoms with Crippen LogP contribution in [-0.2, 0) is 0 Å². The second-order valence-corrected chi connectivity index (χ2v) is 4.95. The molecular formula is C13H21N5O. The van der Waals surface area contributed by atoms with Gasteiger partial charge in [-0.3, -0.25) is 4.79 Å². The minimum Gasteiger partial charge on any atom is -0.397 e. The summed E-state index contributed by atoms with van der Waals surface area (Å²) in [6.45, 7) is 6.40. The quantitative estimate of drug-likeness (QED) is 0.719. The molecule has 6 nitrogen and oxygen atoms in total. The Balaban J connectivity index is 1.93. The topological polar surface area (TPSA) is 97.3 Å². The van der Waals surface area contributed by atoms with Crippen molar-refractivity contribution in [2.75, 3.05) is 37.2 Å². The van der Waals surface area contributed by atoms with E-state index < -0.39 is 5.91 Å². The molecule has 1 amide bonds. The molecule has 0 spiro atoms. The van der Waals surface area contributed by atoms with Crippen molar-refractivity contribution >= 4 is 17.4 Å². The number of hydrogen-bond acceptors (Lipinski definition) is 5. The molecule has 2 heterocycles. The smallest absolute Gasteiger partial charge is 0.250 e. The first-order chi connectivity index (χ1) is 9.10. The molecule has 1 fully saturated rings. The van der Waals surface area contributed by atoms with Crippen LogP contribution in [0.3, 0.4) is 0 Å². The number of anilines is 2. The van der Waals surface area contributed by atoms with Gasteiger partial charge in [-0.05, 0) is 31.5 Å². The molecule has 0 radical (unpaired) electrons. The van der Waals surface area contributed by atoms with Gasteiger partial charge in [0.25, 0.3) is 5.91 Å². The van der Waals surface area contributed by atoms with Gasteiger partial charge in [-0.15, -0.1) is 0 Å². The molecule has 19 heavy (non-hydrogen) atoms. The third-order valence-electron chi connectivity index (χ3n) is 3.59. The number of hydrogen-bond donors (Lipinski definition) is 3. The van der Waals surface area contributed by atoms with Crippen molar-refractivity contribution in [2.24, 2.45) is 11.7 Å². The Labute approximate surface area is 113 Å². The van der Waals surface area contributed by atoms with E-state index in [1.54, 1.807) is 6.07 Å². The van der Waals surface area contributed by atoms with Gasteiger partial charge in [0.1, 0.15) is 5.82 Å². The molecule has 0 saturated carbocycles.